The van der Waals surface area contributed by atoms with Gasteiger partial charge in [0.2, 0.25) is 0 Å². The summed E-state index contributed by atoms with van der Waals surface area (Å²) in [5.74, 6) is -3.80. The largest absolute Gasteiger partial charge is 0.402 e. The van der Waals surface area contributed by atoms with Gasteiger partial charge in [0.05, 0.1) is 6.10 Å². The van der Waals surface area contributed by atoms with Gasteiger partial charge in [0.25, 0.3) is 5.92 Å². The standard InChI is InChI=1S/C8H9F5O/c1-6(8(11,12)13)4-2-3-5(14-4)7(6,9)10/h4-5H,2-3H2,1H3. The molecule has 14 heavy (non-hydrogen) atoms. The molecule has 0 amide bonds. The second-order valence-electron chi connectivity index (χ2n) is 4.01. The molecule has 2 fully saturated rings. The highest BCUT2D eigenvalue weighted by atomic mass is 19.4. The third-order valence-corrected chi connectivity index (χ3v) is 3.35. The third kappa shape index (κ3) is 0.877. The van der Waals surface area contributed by atoms with Crippen LogP contribution in [0.15, 0.2) is 0 Å². The Hall–Kier alpha value is -0.390. The lowest BCUT2D eigenvalue weighted by Gasteiger charge is -2.38. The van der Waals surface area contributed by atoms with E-state index >= 15 is 0 Å². The molecule has 6 heteroatoms. The Morgan fingerprint density at radius 1 is 1.14 bits per heavy atom. The first-order chi connectivity index (χ1) is 6.21. The maximum Gasteiger partial charge on any atom is 0.402 e. The monoisotopic (exact) mass is 216 g/mol. The highest BCUT2D eigenvalue weighted by Crippen LogP contribution is 2.63. The summed E-state index contributed by atoms with van der Waals surface area (Å²) < 4.78 is 69.0. The van der Waals surface area contributed by atoms with Gasteiger partial charge in [-0.05, 0) is 19.8 Å². The van der Waals surface area contributed by atoms with E-state index in [0.717, 1.165) is 0 Å². The lowest BCUT2D eigenvalue weighted by atomic mass is 9.72. The van der Waals surface area contributed by atoms with Crippen LogP contribution in [-0.2, 0) is 4.74 Å². The van der Waals surface area contributed by atoms with E-state index in [9.17, 15) is 22.0 Å². The van der Waals surface area contributed by atoms with Gasteiger partial charge >= 0.3 is 6.18 Å². The van der Waals surface area contributed by atoms with E-state index in [0.29, 0.717) is 6.92 Å². The first kappa shape index (κ1) is 10.1. The number of rotatable bonds is 0. The second kappa shape index (κ2) is 2.40. The second-order valence-corrected chi connectivity index (χ2v) is 4.01. The lowest BCUT2D eigenvalue weighted by Crippen LogP contribution is -2.56. The van der Waals surface area contributed by atoms with E-state index in [1.54, 1.807) is 0 Å². The summed E-state index contributed by atoms with van der Waals surface area (Å²) in [4.78, 5) is 0. The zero-order chi connectivity index (χ0) is 10.8. The van der Waals surface area contributed by atoms with E-state index in [4.69, 9.17) is 0 Å². The van der Waals surface area contributed by atoms with Crippen molar-refractivity contribution in [3.05, 3.63) is 0 Å². The average molecular weight is 216 g/mol. The summed E-state index contributed by atoms with van der Waals surface area (Å²) in [6.45, 7) is 0.552. The first-order valence-corrected chi connectivity index (χ1v) is 4.31. The summed E-state index contributed by atoms with van der Waals surface area (Å²) >= 11 is 0. The van der Waals surface area contributed by atoms with Crippen LogP contribution in [0.5, 0.6) is 0 Å². The first-order valence-electron chi connectivity index (χ1n) is 4.31. The van der Waals surface area contributed by atoms with Crippen molar-refractivity contribution < 1.29 is 26.7 Å². The van der Waals surface area contributed by atoms with Crippen LogP contribution in [-0.4, -0.2) is 24.3 Å². The molecule has 2 heterocycles. The van der Waals surface area contributed by atoms with Gasteiger partial charge in [-0.2, -0.15) is 13.2 Å². The minimum atomic E-state index is -4.92. The smallest absolute Gasteiger partial charge is 0.368 e. The van der Waals surface area contributed by atoms with Crippen LogP contribution < -0.4 is 0 Å². The molecule has 3 atom stereocenters. The van der Waals surface area contributed by atoms with Gasteiger partial charge in [-0.25, -0.2) is 8.78 Å². The van der Waals surface area contributed by atoms with Gasteiger partial charge in [-0.3, -0.25) is 0 Å². The van der Waals surface area contributed by atoms with Crippen molar-refractivity contribution >= 4 is 0 Å². The van der Waals surface area contributed by atoms with Crippen LogP contribution >= 0.6 is 0 Å². The summed E-state index contributed by atoms with van der Waals surface area (Å²) in [7, 11) is 0. The minimum Gasteiger partial charge on any atom is -0.368 e. The van der Waals surface area contributed by atoms with Crippen molar-refractivity contribution in [1.29, 1.82) is 0 Å². The molecule has 0 spiro atoms. The van der Waals surface area contributed by atoms with Gasteiger partial charge < -0.3 is 4.74 Å². The molecule has 2 bridgehead atoms. The fourth-order valence-electron chi connectivity index (χ4n) is 2.25. The van der Waals surface area contributed by atoms with Crippen LogP contribution in [0.25, 0.3) is 0 Å². The number of halogens is 5. The molecular formula is C8H9F5O. The highest BCUT2D eigenvalue weighted by molar-refractivity contribution is 5.12. The fourth-order valence-corrected chi connectivity index (χ4v) is 2.25. The molecule has 0 aromatic carbocycles. The molecular weight excluding hydrogens is 207 g/mol. The van der Waals surface area contributed by atoms with Gasteiger partial charge in [-0.15, -0.1) is 0 Å². The number of alkyl halides is 5. The Bertz CT molecular complexity index is 261. The molecule has 2 saturated heterocycles. The Morgan fingerprint density at radius 3 is 1.93 bits per heavy atom. The molecule has 0 aliphatic carbocycles. The van der Waals surface area contributed by atoms with Crippen molar-refractivity contribution in [3.63, 3.8) is 0 Å². The molecule has 82 valence electrons. The zero-order valence-corrected chi connectivity index (χ0v) is 7.37. The lowest BCUT2D eigenvalue weighted by molar-refractivity contribution is -0.293. The Kier molecular flexibility index (Phi) is 1.74. The highest BCUT2D eigenvalue weighted by Gasteiger charge is 2.79. The minimum absolute atomic E-state index is 0.0172. The van der Waals surface area contributed by atoms with E-state index in [2.05, 4.69) is 4.74 Å². The number of hydrogen-bond donors (Lipinski definition) is 0. The zero-order valence-electron chi connectivity index (χ0n) is 7.37. The Labute approximate surface area is 77.2 Å². The van der Waals surface area contributed by atoms with Crippen LogP contribution in [0.4, 0.5) is 22.0 Å². The third-order valence-electron chi connectivity index (χ3n) is 3.35. The quantitative estimate of drug-likeness (QED) is 0.566. The van der Waals surface area contributed by atoms with E-state index < -0.39 is 29.7 Å². The van der Waals surface area contributed by atoms with Crippen molar-refractivity contribution in [2.75, 3.05) is 0 Å². The van der Waals surface area contributed by atoms with Crippen LogP contribution in [0.2, 0.25) is 0 Å². The topological polar surface area (TPSA) is 9.23 Å². The summed E-state index contributed by atoms with van der Waals surface area (Å²) in [5.41, 5.74) is -3.01. The predicted molar refractivity (Wildman–Crippen MR) is 37.0 cm³/mol. The molecule has 3 unspecified atom stereocenters. The van der Waals surface area contributed by atoms with Crippen molar-refractivity contribution in [1.82, 2.24) is 0 Å². The molecule has 0 N–H and O–H groups in total. The molecule has 0 aromatic rings. The number of fused-ring (bicyclic) bond motifs is 2. The van der Waals surface area contributed by atoms with Crippen molar-refractivity contribution in [2.45, 2.75) is 44.1 Å². The SMILES string of the molecule is CC1(C(F)(F)F)C2CCC(O2)C1(F)F. The van der Waals surface area contributed by atoms with Crippen molar-refractivity contribution in [3.8, 4) is 0 Å². The maximum atomic E-state index is 13.3. The maximum absolute atomic E-state index is 13.3. The van der Waals surface area contributed by atoms with Crippen LogP contribution in [0.3, 0.4) is 0 Å². The van der Waals surface area contributed by atoms with Gasteiger partial charge in [-0.1, -0.05) is 0 Å². The van der Waals surface area contributed by atoms with Gasteiger partial charge in [0.15, 0.2) is 5.41 Å². The van der Waals surface area contributed by atoms with Crippen LogP contribution in [0.1, 0.15) is 19.8 Å². The van der Waals surface area contributed by atoms with Crippen molar-refractivity contribution in [2.24, 2.45) is 5.41 Å². The van der Waals surface area contributed by atoms with E-state index in [1.165, 1.54) is 0 Å². The predicted octanol–water partition coefficient (Wildman–Crippen LogP) is 2.75. The normalized spacial score (nSPS) is 45.9. The van der Waals surface area contributed by atoms with E-state index in [-0.39, 0.29) is 12.8 Å². The summed E-state index contributed by atoms with van der Waals surface area (Å²) in [6.07, 6.45) is -7.78. The molecule has 2 rings (SSSR count). The summed E-state index contributed by atoms with van der Waals surface area (Å²) in [5, 5.41) is 0. The molecule has 0 radical (unpaired) electrons. The molecule has 2 aliphatic rings. The molecule has 0 aromatic heterocycles. The molecule has 0 saturated carbocycles. The van der Waals surface area contributed by atoms with Gasteiger partial charge in [0.1, 0.15) is 6.10 Å². The number of hydrogen-bond acceptors (Lipinski definition) is 1. The van der Waals surface area contributed by atoms with E-state index in [1.807, 2.05) is 0 Å². The average Bonchev–Trinajstić information content (AvgIpc) is 2.52. The molecule has 1 nitrogen and oxygen atoms in total. The Balaban J connectivity index is 2.44. The molecule has 2 aliphatic heterocycles. The van der Waals surface area contributed by atoms with Crippen LogP contribution in [0, 0.1) is 5.41 Å². The fraction of sp³-hybridized carbons (Fsp3) is 1.00. The summed E-state index contributed by atoms with van der Waals surface area (Å²) in [6, 6.07) is 0. The van der Waals surface area contributed by atoms with Gasteiger partial charge in [0, 0.05) is 0 Å². The number of ether oxygens (including phenoxy) is 1. The Morgan fingerprint density at radius 2 is 1.64 bits per heavy atom.